The van der Waals surface area contributed by atoms with Gasteiger partial charge in [-0.3, -0.25) is 28.9 Å². The standard InChI is InChI=1S/C54H38N6S/c1-5-13-39(14-6-1)49-23-27-53(59(49)41-17-9-3-10-18-41)57(43-29-33-55-34-30-43)45-21-25-51-47(37-45)48-38-46(22-26-52(48)61-51)58(44-31-35-56-36-32-44)54-28-24-50(40-15-7-2-8-16-40)60(54)42-19-11-4-12-20-42/h1-38H. The zero-order valence-corrected chi connectivity index (χ0v) is 33.8. The fourth-order valence-electron chi connectivity index (χ4n) is 8.41. The lowest BCUT2D eigenvalue weighted by Crippen LogP contribution is -2.15. The summed E-state index contributed by atoms with van der Waals surface area (Å²) in [5.41, 5.74) is 10.8. The summed E-state index contributed by atoms with van der Waals surface area (Å²) in [6, 6.07) is 73.3. The number of fused-ring (bicyclic) bond motifs is 3. The number of aromatic nitrogens is 4. The molecule has 11 rings (SSSR count). The van der Waals surface area contributed by atoms with E-state index in [1.807, 2.05) is 36.1 Å². The van der Waals surface area contributed by atoms with Gasteiger partial charge in [0.1, 0.15) is 11.6 Å². The van der Waals surface area contributed by atoms with E-state index in [1.165, 1.54) is 20.2 Å². The van der Waals surface area contributed by atoms with Gasteiger partial charge in [0.2, 0.25) is 0 Å². The third-order valence-corrected chi connectivity index (χ3v) is 12.3. The van der Waals surface area contributed by atoms with Crippen molar-refractivity contribution in [1.82, 2.24) is 19.1 Å². The zero-order valence-electron chi connectivity index (χ0n) is 33.0. The van der Waals surface area contributed by atoms with Crippen LogP contribution in [0.2, 0.25) is 0 Å². The number of pyridine rings is 2. The molecule has 0 unspecified atom stereocenters. The second kappa shape index (κ2) is 15.6. The third-order valence-electron chi connectivity index (χ3n) is 11.1. The normalized spacial score (nSPS) is 11.3. The van der Waals surface area contributed by atoms with E-state index in [0.717, 1.165) is 68.3 Å². The minimum atomic E-state index is 1.02. The van der Waals surface area contributed by atoms with Gasteiger partial charge >= 0.3 is 0 Å². The summed E-state index contributed by atoms with van der Waals surface area (Å²) in [6.45, 7) is 0. The summed E-state index contributed by atoms with van der Waals surface area (Å²) in [5, 5.41) is 2.38. The predicted octanol–water partition coefficient (Wildman–Crippen LogP) is 14.7. The summed E-state index contributed by atoms with van der Waals surface area (Å²) < 4.78 is 7.15. The average molecular weight is 803 g/mol. The van der Waals surface area contributed by atoms with Gasteiger partial charge in [0.15, 0.2) is 0 Å². The highest BCUT2D eigenvalue weighted by Gasteiger charge is 2.24. The van der Waals surface area contributed by atoms with Crippen LogP contribution in [0.3, 0.4) is 0 Å². The van der Waals surface area contributed by atoms with Crippen molar-refractivity contribution in [1.29, 1.82) is 0 Å². The maximum Gasteiger partial charge on any atom is 0.122 e. The molecule has 0 aliphatic heterocycles. The molecular formula is C54H38N6S. The molecule has 0 spiro atoms. The number of nitrogens with zero attached hydrogens (tertiary/aromatic N) is 6. The highest BCUT2D eigenvalue weighted by molar-refractivity contribution is 7.25. The first kappa shape index (κ1) is 36.1. The number of rotatable bonds is 10. The molecule has 0 N–H and O–H groups in total. The van der Waals surface area contributed by atoms with Gasteiger partial charge in [0.05, 0.1) is 22.8 Å². The number of anilines is 6. The second-order valence-electron chi connectivity index (χ2n) is 14.8. The van der Waals surface area contributed by atoms with Crippen LogP contribution in [0.15, 0.2) is 231 Å². The molecule has 5 aromatic heterocycles. The SMILES string of the molecule is c1ccc(-c2ccc(N(c3ccncc3)c3ccc4sc5ccc(N(c6ccncc6)c6ccc(-c7ccccc7)n6-c6ccccc6)cc5c4c3)n2-c2ccccc2)cc1. The van der Waals surface area contributed by atoms with E-state index in [-0.39, 0.29) is 0 Å². The Morgan fingerprint density at radius 3 is 1.11 bits per heavy atom. The number of para-hydroxylation sites is 2. The van der Waals surface area contributed by atoms with Crippen molar-refractivity contribution in [2.45, 2.75) is 0 Å². The Morgan fingerprint density at radius 1 is 0.344 bits per heavy atom. The largest absolute Gasteiger partial charge is 0.296 e. The Kier molecular flexibility index (Phi) is 9.26. The fourth-order valence-corrected chi connectivity index (χ4v) is 9.48. The van der Waals surface area contributed by atoms with Gasteiger partial charge in [-0.2, -0.15) is 0 Å². The van der Waals surface area contributed by atoms with Crippen molar-refractivity contribution in [3.05, 3.63) is 231 Å². The van der Waals surface area contributed by atoms with Crippen LogP contribution in [0, 0.1) is 0 Å². The minimum Gasteiger partial charge on any atom is -0.296 e. The molecule has 0 aliphatic carbocycles. The number of benzene rings is 6. The van der Waals surface area contributed by atoms with Crippen LogP contribution in [0.25, 0.3) is 54.1 Å². The highest BCUT2D eigenvalue weighted by atomic mass is 32.1. The van der Waals surface area contributed by atoms with Gasteiger partial charge in [-0.15, -0.1) is 11.3 Å². The van der Waals surface area contributed by atoms with Crippen LogP contribution in [-0.2, 0) is 0 Å². The van der Waals surface area contributed by atoms with E-state index < -0.39 is 0 Å². The molecule has 7 heteroatoms. The highest BCUT2D eigenvalue weighted by Crippen LogP contribution is 2.46. The summed E-state index contributed by atoms with van der Waals surface area (Å²) in [4.78, 5) is 13.5. The lowest BCUT2D eigenvalue weighted by Gasteiger charge is -2.28. The fraction of sp³-hybridized carbons (Fsp3) is 0. The third kappa shape index (κ3) is 6.63. The van der Waals surface area contributed by atoms with E-state index in [4.69, 9.17) is 0 Å². The van der Waals surface area contributed by atoms with E-state index in [9.17, 15) is 0 Å². The molecule has 0 radical (unpaired) electrons. The summed E-state index contributed by atoms with van der Waals surface area (Å²) >= 11 is 1.82. The van der Waals surface area contributed by atoms with Crippen LogP contribution in [0.1, 0.15) is 0 Å². The quantitative estimate of drug-likeness (QED) is 0.138. The molecule has 6 aromatic carbocycles. The summed E-state index contributed by atoms with van der Waals surface area (Å²) in [7, 11) is 0. The van der Waals surface area contributed by atoms with E-state index in [1.54, 1.807) is 0 Å². The first-order valence-electron chi connectivity index (χ1n) is 20.3. The molecule has 11 aromatic rings. The maximum atomic E-state index is 4.41. The van der Waals surface area contributed by atoms with Crippen molar-refractivity contribution in [3.8, 4) is 33.9 Å². The summed E-state index contributed by atoms with van der Waals surface area (Å²) in [6.07, 6.45) is 7.46. The Balaban J connectivity index is 1.10. The van der Waals surface area contributed by atoms with Gasteiger partial charge in [0.25, 0.3) is 0 Å². The zero-order chi connectivity index (χ0) is 40.5. The molecule has 0 saturated carbocycles. The van der Waals surface area contributed by atoms with Crippen molar-refractivity contribution in [3.63, 3.8) is 0 Å². The molecule has 0 saturated heterocycles. The molecule has 0 bridgehead atoms. The Morgan fingerprint density at radius 2 is 0.721 bits per heavy atom. The molecule has 6 nitrogen and oxygen atoms in total. The molecular weight excluding hydrogens is 765 g/mol. The molecule has 0 fully saturated rings. The Hall–Kier alpha value is -8.00. The van der Waals surface area contributed by atoms with Gasteiger partial charge in [0, 0.05) is 67.7 Å². The number of hydrogen-bond acceptors (Lipinski definition) is 5. The lowest BCUT2D eigenvalue weighted by molar-refractivity contribution is 1.04. The molecule has 290 valence electrons. The van der Waals surface area contributed by atoms with Gasteiger partial charge in [-0.05, 0) is 120 Å². The Labute approximate surface area is 358 Å². The van der Waals surface area contributed by atoms with Gasteiger partial charge in [-0.1, -0.05) is 97.1 Å². The van der Waals surface area contributed by atoms with Crippen molar-refractivity contribution in [2.75, 3.05) is 9.80 Å². The van der Waals surface area contributed by atoms with E-state index in [2.05, 4.69) is 235 Å². The predicted molar refractivity (Wildman–Crippen MR) is 254 cm³/mol. The smallest absolute Gasteiger partial charge is 0.122 e. The minimum absolute atomic E-state index is 1.02. The first-order chi connectivity index (χ1) is 30.3. The van der Waals surface area contributed by atoms with Crippen LogP contribution in [0.4, 0.5) is 34.4 Å². The van der Waals surface area contributed by atoms with Crippen LogP contribution < -0.4 is 9.80 Å². The van der Waals surface area contributed by atoms with Crippen molar-refractivity contribution >= 4 is 65.9 Å². The lowest BCUT2D eigenvalue weighted by atomic mass is 10.1. The first-order valence-corrected chi connectivity index (χ1v) is 21.1. The molecule has 61 heavy (non-hydrogen) atoms. The van der Waals surface area contributed by atoms with Crippen LogP contribution >= 0.6 is 11.3 Å². The second-order valence-corrected chi connectivity index (χ2v) is 15.9. The number of thiophene rings is 1. The average Bonchev–Trinajstić information content (AvgIpc) is 4.07. The van der Waals surface area contributed by atoms with E-state index >= 15 is 0 Å². The van der Waals surface area contributed by atoms with Crippen molar-refractivity contribution < 1.29 is 0 Å². The van der Waals surface area contributed by atoms with E-state index in [0.29, 0.717) is 0 Å². The number of hydrogen-bond donors (Lipinski definition) is 0. The van der Waals surface area contributed by atoms with Gasteiger partial charge < -0.3 is 0 Å². The molecule has 5 heterocycles. The summed E-state index contributed by atoms with van der Waals surface area (Å²) in [5.74, 6) is 2.05. The maximum absolute atomic E-state index is 4.41. The Bertz CT molecular complexity index is 3020. The van der Waals surface area contributed by atoms with Gasteiger partial charge in [-0.25, -0.2) is 0 Å². The molecule has 0 aliphatic rings. The topological polar surface area (TPSA) is 42.1 Å². The monoisotopic (exact) mass is 802 g/mol. The van der Waals surface area contributed by atoms with Crippen molar-refractivity contribution in [2.24, 2.45) is 0 Å². The van der Waals surface area contributed by atoms with Crippen LogP contribution in [0.5, 0.6) is 0 Å². The molecule has 0 atom stereocenters. The molecule has 0 amide bonds. The van der Waals surface area contributed by atoms with Crippen LogP contribution in [-0.4, -0.2) is 19.1 Å².